The molecule has 3 aromatic rings. The van der Waals surface area contributed by atoms with E-state index < -0.39 is 0 Å². The maximum Gasteiger partial charge on any atom is 0.230 e. The molecule has 0 aliphatic heterocycles. The van der Waals surface area contributed by atoms with E-state index in [9.17, 15) is 0 Å². The van der Waals surface area contributed by atoms with Gasteiger partial charge in [0.1, 0.15) is 23.7 Å². The van der Waals surface area contributed by atoms with Gasteiger partial charge in [0, 0.05) is 24.2 Å². The molecule has 172 valence electrons. The fourth-order valence-corrected chi connectivity index (χ4v) is 3.53. The predicted molar refractivity (Wildman–Crippen MR) is 122 cm³/mol. The first-order chi connectivity index (χ1) is 15.6. The largest absolute Gasteiger partial charge is 0.476 e. The van der Waals surface area contributed by atoms with Crippen molar-refractivity contribution in [1.29, 1.82) is 0 Å². The van der Waals surface area contributed by atoms with Crippen LogP contribution in [0, 0.1) is 0 Å². The lowest BCUT2D eigenvalue weighted by Gasteiger charge is -2.19. The minimum Gasteiger partial charge on any atom is -0.476 e. The summed E-state index contributed by atoms with van der Waals surface area (Å²) >= 11 is 0. The molecule has 0 aromatic carbocycles. The molecule has 0 unspecified atom stereocenters. The third kappa shape index (κ3) is 5.18. The summed E-state index contributed by atoms with van der Waals surface area (Å²) in [6, 6.07) is 3.94. The number of H-pyrrole nitrogens is 1. The first kappa shape index (κ1) is 22.1. The molecule has 3 aromatic heterocycles. The number of aromatic nitrogens is 5. The Morgan fingerprint density at radius 1 is 1.22 bits per heavy atom. The summed E-state index contributed by atoms with van der Waals surface area (Å²) in [5.74, 6) is 2.38. The molecule has 1 fully saturated rings. The third-order valence-electron chi connectivity index (χ3n) is 5.71. The van der Waals surface area contributed by atoms with Crippen LogP contribution in [-0.4, -0.2) is 56.5 Å². The first-order valence-electron chi connectivity index (χ1n) is 11.4. The Labute approximate surface area is 187 Å². The molecule has 0 bridgehead atoms. The van der Waals surface area contributed by atoms with Gasteiger partial charge in [0.25, 0.3) is 0 Å². The van der Waals surface area contributed by atoms with Crippen molar-refractivity contribution in [3.8, 4) is 17.1 Å². The molecule has 10 nitrogen and oxygen atoms in total. The minimum absolute atomic E-state index is 0.320. The van der Waals surface area contributed by atoms with Crippen LogP contribution in [0.2, 0.25) is 0 Å². The van der Waals surface area contributed by atoms with Crippen LogP contribution >= 0.6 is 0 Å². The Bertz CT molecular complexity index is 1020. The normalized spacial score (nSPS) is 13.6. The van der Waals surface area contributed by atoms with Crippen molar-refractivity contribution in [2.75, 3.05) is 37.3 Å². The number of hydrogen-bond acceptors (Lipinski definition) is 9. The molecule has 0 saturated heterocycles. The molecule has 4 rings (SSSR count). The molecule has 0 radical (unpaired) electrons. The van der Waals surface area contributed by atoms with Crippen LogP contribution in [0.3, 0.4) is 0 Å². The van der Waals surface area contributed by atoms with E-state index in [0.29, 0.717) is 53.7 Å². The van der Waals surface area contributed by atoms with Gasteiger partial charge in [-0.05, 0) is 38.4 Å². The van der Waals surface area contributed by atoms with Crippen LogP contribution in [0.15, 0.2) is 16.7 Å². The number of likely N-dealkylation sites (N-methyl/N-ethyl adjacent to an activating group) is 1. The number of nitrogen functional groups attached to an aromatic ring is 1. The van der Waals surface area contributed by atoms with E-state index in [0.717, 1.165) is 37.4 Å². The molecule has 1 saturated carbocycles. The summed E-state index contributed by atoms with van der Waals surface area (Å²) < 4.78 is 11.4. The molecule has 3 heterocycles. The molecule has 1 aliphatic carbocycles. The molecular weight excluding hydrogens is 408 g/mol. The van der Waals surface area contributed by atoms with Crippen molar-refractivity contribution in [3.05, 3.63) is 29.3 Å². The van der Waals surface area contributed by atoms with Gasteiger partial charge in [0.15, 0.2) is 5.76 Å². The van der Waals surface area contributed by atoms with Crippen LogP contribution < -0.4 is 15.8 Å². The van der Waals surface area contributed by atoms with E-state index in [2.05, 4.69) is 49.4 Å². The lowest BCUT2D eigenvalue weighted by atomic mass is 10.2. The van der Waals surface area contributed by atoms with Crippen LogP contribution in [0.4, 0.5) is 11.8 Å². The van der Waals surface area contributed by atoms with Crippen molar-refractivity contribution in [1.82, 2.24) is 30.2 Å². The number of nitrogens with one attached hydrogen (secondary N) is 2. The maximum atomic E-state index is 6.36. The Balaban J connectivity index is 1.55. The number of aromatic amines is 1. The lowest BCUT2D eigenvalue weighted by molar-refractivity contribution is 0.218. The van der Waals surface area contributed by atoms with Gasteiger partial charge in [-0.25, -0.2) is 0 Å². The number of nitrogens with zero attached hydrogens (tertiary/aromatic N) is 5. The standard InChI is InChI=1S/C22H32N8O2/c1-4-15-11-16(32-29-15)13-24-22-25-20(23)19(18-12-17(27-28-18)14-7-8-14)21(26-22)31-10-9-30(5-2)6-3/h11-12,14H,4-10,13H2,1-3H3,(H,27,28)(H3,23,24,25,26). The number of ether oxygens (including phenoxy) is 1. The smallest absolute Gasteiger partial charge is 0.230 e. The second-order valence-corrected chi connectivity index (χ2v) is 7.96. The quantitative estimate of drug-likeness (QED) is 0.388. The summed E-state index contributed by atoms with van der Waals surface area (Å²) in [4.78, 5) is 11.3. The molecule has 0 spiro atoms. The second-order valence-electron chi connectivity index (χ2n) is 7.96. The average Bonchev–Trinajstić information content (AvgIpc) is 3.35. The van der Waals surface area contributed by atoms with Crippen molar-refractivity contribution in [2.24, 2.45) is 0 Å². The van der Waals surface area contributed by atoms with E-state index >= 15 is 0 Å². The Hall–Kier alpha value is -3.14. The summed E-state index contributed by atoms with van der Waals surface area (Å²) in [5.41, 5.74) is 9.71. The number of anilines is 2. The molecule has 0 amide bonds. The van der Waals surface area contributed by atoms with Crippen LogP contribution in [-0.2, 0) is 13.0 Å². The fraction of sp³-hybridized carbons (Fsp3) is 0.545. The summed E-state index contributed by atoms with van der Waals surface area (Å²) in [5, 5.41) is 14.8. The van der Waals surface area contributed by atoms with Gasteiger partial charge in [-0.15, -0.1) is 0 Å². The van der Waals surface area contributed by atoms with E-state index in [1.807, 2.05) is 19.1 Å². The second kappa shape index (κ2) is 9.99. The molecule has 4 N–H and O–H groups in total. The van der Waals surface area contributed by atoms with Gasteiger partial charge in [-0.2, -0.15) is 15.1 Å². The highest BCUT2D eigenvalue weighted by atomic mass is 16.5. The van der Waals surface area contributed by atoms with Gasteiger partial charge in [-0.1, -0.05) is 25.9 Å². The van der Waals surface area contributed by atoms with Gasteiger partial charge in [-0.3, -0.25) is 5.10 Å². The van der Waals surface area contributed by atoms with E-state index in [-0.39, 0.29) is 0 Å². The third-order valence-corrected chi connectivity index (χ3v) is 5.71. The number of nitrogens with two attached hydrogens (primary N) is 1. The zero-order chi connectivity index (χ0) is 22.5. The number of rotatable bonds is 12. The SMILES string of the molecule is CCc1cc(CNc2nc(N)c(-c3cc(C4CC4)[nH]n3)c(OCCN(CC)CC)n2)on1. The van der Waals surface area contributed by atoms with E-state index in [4.69, 9.17) is 15.0 Å². The average molecular weight is 441 g/mol. The van der Waals surface area contributed by atoms with Crippen LogP contribution in [0.1, 0.15) is 56.7 Å². The van der Waals surface area contributed by atoms with E-state index in [1.54, 1.807) is 0 Å². The van der Waals surface area contributed by atoms with Crippen molar-refractivity contribution >= 4 is 11.8 Å². The number of aryl methyl sites for hydroxylation is 1. The zero-order valence-electron chi connectivity index (χ0n) is 19.0. The van der Waals surface area contributed by atoms with Crippen molar-refractivity contribution in [3.63, 3.8) is 0 Å². The Morgan fingerprint density at radius 3 is 2.72 bits per heavy atom. The maximum absolute atomic E-state index is 6.36. The Morgan fingerprint density at radius 2 is 2.03 bits per heavy atom. The molecule has 0 atom stereocenters. The van der Waals surface area contributed by atoms with Gasteiger partial charge in [0.2, 0.25) is 11.8 Å². The van der Waals surface area contributed by atoms with Gasteiger partial charge >= 0.3 is 0 Å². The van der Waals surface area contributed by atoms with Gasteiger partial charge in [0.05, 0.1) is 12.2 Å². The van der Waals surface area contributed by atoms with E-state index in [1.165, 1.54) is 12.8 Å². The number of hydrogen-bond donors (Lipinski definition) is 3. The van der Waals surface area contributed by atoms with Gasteiger partial charge < -0.3 is 25.2 Å². The minimum atomic E-state index is 0.320. The molecular formula is C22H32N8O2. The predicted octanol–water partition coefficient (Wildman–Crippen LogP) is 3.21. The molecule has 32 heavy (non-hydrogen) atoms. The molecule has 1 aliphatic rings. The lowest BCUT2D eigenvalue weighted by Crippen LogP contribution is -2.28. The van der Waals surface area contributed by atoms with Crippen molar-refractivity contribution in [2.45, 2.75) is 52.5 Å². The van der Waals surface area contributed by atoms with Crippen LogP contribution in [0.25, 0.3) is 11.3 Å². The zero-order valence-corrected chi connectivity index (χ0v) is 19.0. The summed E-state index contributed by atoms with van der Waals surface area (Å²) in [7, 11) is 0. The highest BCUT2D eigenvalue weighted by Gasteiger charge is 2.27. The highest BCUT2D eigenvalue weighted by Crippen LogP contribution is 2.41. The fourth-order valence-electron chi connectivity index (χ4n) is 3.53. The first-order valence-corrected chi connectivity index (χ1v) is 11.4. The summed E-state index contributed by atoms with van der Waals surface area (Å²) in [6.45, 7) is 9.92. The summed E-state index contributed by atoms with van der Waals surface area (Å²) in [6.07, 6.45) is 3.19. The van der Waals surface area contributed by atoms with Crippen LogP contribution in [0.5, 0.6) is 5.88 Å². The highest BCUT2D eigenvalue weighted by molar-refractivity contribution is 5.77. The van der Waals surface area contributed by atoms with Crippen molar-refractivity contribution < 1.29 is 9.26 Å². The Kier molecular flexibility index (Phi) is 6.89. The molecule has 10 heteroatoms. The topological polar surface area (TPSA) is 131 Å². The monoisotopic (exact) mass is 440 g/mol.